The molecule has 0 aliphatic heterocycles. The van der Waals surface area contributed by atoms with Crippen molar-refractivity contribution in [1.82, 2.24) is 0 Å². The molecule has 0 aromatic carbocycles. The number of carboxylic acid groups (broad SMARTS) is 1. The van der Waals surface area contributed by atoms with Gasteiger partial charge in [-0.05, 0) is 70.6 Å². The zero-order valence-electron chi connectivity index (χ0n) is 30.4. The quantitative estimate of drug-likeness (QED) is 0.0424. The molecule has 0 radical (unpaired) electrons. The molecule has 1 N–H and O–H groups in total. The van der Waals surface area contributed by atoms with Gasteiger partial charge in [0.2, 0.25) is 0 Å². The number of carbonyl (C=O) groups is 2. The molecule has 0 spiro atoms. The Hall–Kier alpha value is -2.10. The zero-order chi connectivity index (χ0) is 33.6. The average Bonchev–Trinajstić information content (AvgIpc) is 3.03. The smallest absolute Gasteiger partial charge is 0.306 e. The summed E-state index contributed by atoms with van der Waals surface area (Å²) < 4.78 is 5.85. The van der Waals surface area contributed by atoms with Crippen LogP contribution in [0.2, 0.25) is 0 Å². The van der Waals surface area contributed by atoms with E-state index in [4.69, 9.17) is 9.84 Å². The van der Waals surface area contributed by atoms with Crippen LogP contribution in [-0.2, 0) is 14.3 Å². The Balaban J connectivity index is 3.65. The summed E-state index contributed by atoms with van der Waals surface area (Å²) in [6.45, 7) is 4.42. The van der Waals surface area contributed by atoms with Crippen LogP contribution in [0.3, 0.4) is 0 Å². The van der Waals surface area contributed by atoms with Crippen LogP contribution in [0.4, 0.5) is 0 Å². The lowest BCUT2D eigenvalue weighted by Crippen LogP contribution is -2.18. The molecule has 1 atom stereocenters. The zero-order valence-corrected chi connectivity index (χ0v) is 30.4. The maximum atomic E-state index is 12.4. The molecular formula is C42H74O4. The third-order valence-corrected chi connectivity index (χ3v) is 8.53. The van der Waals surface area contributed by atoms with Gasteiger partial charge in [-0.25, -0.2) is 0 Å². The van der Waals surface area contributed by atoms with Crippen molar-refractivity contribution in [2.75, 3.05) is 0 Å². The molecule has 4 nitrogen and oxygen atoms in total. The molecule has 0 rings (SSSR count). The maximum Gasteiger partial charge on any atom is 0.306 e. The fourth-order valence-electron chi connectivity index (χ4n) is 5.70. The predicted octanol–water partition coefficient (Wildman–Crippen LogP) is 13.6. The van der Waals surface area contributed by atoms with Crippen LogP contribution in [-0.4, -0.2) is 23.1 Å². The summed E-state index contributed by atoms with van der Waals surface area (Å²) in [5.74, 6) is -0.690. The van der Waals surface area contributed by atoms with Gasteiger partial charge in [-0.1, -0.05) is 165 Å². The van der Waals surface area contributed by atoms with Crippen molar-refractivity contribution >= 4 is 11.9 Å². The van der Waals surface area contributed by atoms with E-state index in [0.29, 0.717) is 12.8 Å². The molecule has 0 saturated carbocycles. The number of hydrogen-bond donors (Lipinski definition) is 1. The topological polar surface area (TPSA) is 63.6 Å². The first-order chi connectivity index (χ1) is 22.6. The van der Waals surface area contributed by atoms with Crippen LogP contribution in [0, 0.1) is 0 Å². The SMILES string of the molecule is CCCCC/C=C\C/C=C\C/C=C\C/C=C\CCCC(=O)OC(CCC)CCCCCCCCCCCCCCCCCC(=O)O. The Labute approximate surface area is 285 Å². The van der Waals surface area contributed by atoms with E-state index in [-0.39, 0.29) is 12.1 Å². The van der Waals surface area contributed by atoms with Crippen LogP contribution in [0.1, 0.15) is 200 Å². The Morgan fingerprint density at radius 3 is 1.37 bits per heavy atom. The van der Waals surface area contributed by atoms with Gasteiger partial charge in [0.1, 0.15) is 6.10 Å². The summed E-state index contributed by atoms with van der Waals surface area (Å²) in [6, 6.07) is 0. The van der Waals surface area contributed by atoms with Gasteiger partial charge in [0.05, 0.1) is 0 Å². The standard InChI is InChI=1S/C42H74O4/c1-3-5-6-7-8-9-10-11-12-13-17-20-23-26-29-32-35-39-42(45)46-40(36-4-2)37-33-30-27-24-21-18-15-14-16-19-22-25-28-31-34-38-41(43)44/h8-9,11-12,17,20,26,29,40H,3-7,10,13-16,18-19,21-25,27-28,30-39H2,1-2H3,(H,43,44)/b9-8-,12-11-,20-17-,29-26-. The number of rotatable bonds is 35. The van der Waals surface area contributed by atoms with E-state index >= 15 is 0 Å². The lowest BCUT2D eigenvalue weighted by atomic mass is 10.0. The molecule has 0 bridgehead atoms. The second-order valence-corrected chi connectivity index (χ2v) is 13.1. The molecule has 0 saturated heterocycles. The number of hydrogen-bond acceptors (Lipinski definition) is 3. The van der Waals surface area contributed by atoms with Crippen molar-refractivity contribution in [3.63, 3.8) is 0 Å². The number of carbonyl (C=O) groups excluding carboxylic acids is 1. The minimum atomic E-state index is -0.667. The highest BCUT2D eigenvalue weighted by atomic mass is 16.5. The third kappa shape index (κ3) is 36.4. The Morgan fingerprint density at radius 1 is 0.478 bits per heavy atom. The molecule has 0 amide bonds. The Kier molecular flexibility index (Phi) is 35.7. The summed E-state index contributed by atoms with van der Waals surface area (Å²) in [6.07, 6.45) is 50.5. The number of unbranched alkanes of at least 4 members (excludes halogenated alkanes) is 18. The molecule has 0 heterocycles. The van der Waals surface area contributed by atoms with Crippen molar-refractivity contribution in [2.24, 2.45) is 0 Å². The van der Waals surface area contributed by atoms with Crippen LogP contribution in [0.25, 0.3) is 0 Å². The van der Waals surface area contributed by atoms with Crippen LogP contribution >= 0.6 is 0 Å². The molecule has 266 valence electrons. The minimum absolute atomic E-state index is 0.0231. The number of carboxylic acids is 1. The maximum absolute atomic E-state index is 12.4. The number of aliphatic carboxylic acids is 1. The minimum Gasteiger partial charge on any atom is -0.481 e. The number of ether oxygens (including phenoxy) is 1. The van der Waals surface area contributed by atoms with Gasteiger partial charge in [0, 0.05) is 12.8 Å². The highest BCUT2D eigenvalue weighted by Crippen LogP contribution is 2.17. The average molecular weight is 643 g/mol. The molecule has 0 aliphatic carbocycles. The van der Waals surface area contributed by atoms with Gasteiger partial charge in [-0.2, -0.15) is 0 Å². The van der Waals surface area contributed by atoms with Crippen molar-refractivity contribution in [3.8, 4) is 0 Å². The van der Waals surface area contributed by atoms with E-state index in [9.17, 15) is 9.59 Å². The first-order valence-electron chi connectivity index (χ1n) is 19.6. The van der Waals surface area contributed by atoms with Crippen LogP contribution in [0.15, 0.2) is 48.6 Å². The van der Waals surface area contributed by atoms with Gasteiger partial charge in [0.25, 0.3) is 0 Å². The molecule has 0 aromatic rings. The van der Waals surface area contributed by atoms with E-state index < -0.39 is 5.97 Å². The molecular weight excluding hydrogens is 568 g/mol. The first-order valence-corrected chi connectivity index (χ1v) is 19.6. The van der Waals surface area contributed by atoms with Gasteiger partial charge < -0.3 is 9.84 Å². The largest absolute Gasteiger partial charge is 0.481 e. The summed E-state index contributed by atoms with van der Waals surface area (Å²) in [7, 11) is 0. The third-order valence-electron chi connectivity index (χ3n) is 8.53. The lowest BCUT2D eigenvalue weighted by Gasteiger charge is -2.17. The second-order valence-electron chi connectivity index (χ2n) is 13.1. The molecule has 0 aromatic heterocycles. The number of esters is 1. The Bertz CT molecular complexity index is 779. The van der Waals surface area contributed by atoms with Gasteiger partial charge in [-0.15, -0.1) is 0 Å². The van der Waals surface area contributed by atoms with Crippen molar-refractivity contribution in [1.29, 1.82) is 0 Å². The van der Waals surface area contributed by atoms with Gasteiger partial charge in [0.15, 0.2) is 0 Å². The van der Waals surface area contributed by atoms with E-state index in [2.05, 4.69) is 62.5 Å². The molecule has 4 heteroatoms. The van der Waals surface area contributed by atoms with Gasteiger partial charge >= 0.3 is 11.9 Å². The van der Waals surface area contributed by atoms with Crippen molar-refractivity contribution < 1.29 is 19.4 Å². The van der Waals surface area contributed by atoms with Crippen LogP contribution in [0.5, 0.6) is 0 Å². The summed E-state index contributed by atoms with van der Waals surface area (Å²) in [5, 5.41) is 8.66. The fourth-order valence-corrected chi connectivity index (χ4v) is 5.70. The summed E-state index contributed by atoms with van der Waals surface area (Å²) in [5.41, 5.74) is 0. The van der Waals surface area contributed by atoms with Crippen molar-refractivity contribution in [3.05, 3.63) is 48.6 Å². The first kappa shape index (κ1) is 43.9. The monoisotopic (exact) mass is 643 g/mol. The summed E-state index contributed by atoms with van der Waals surface area (Å²) in [4.78, 5) is 22.9. The van der Waals surface area contributed by atoms with Crippen molar-refractivity contribution in [2.45, 2.75) is 206 Å². The highest BCUT2D eigenvalue weighted by Gasteiger charge is 2.13. The number of allylic oxidation sites excluding steroid dienone is 8. The molecule has 1 unspecified atom stereocenters. The molecule has 46 heavy (non-hydrogen) atoms. The normalized spacial score (nSPS) is 12.7. The van der Waals surface area contributed by atoms with E-state index in [0.717, 1.165) is 70.6 Å². The van der Waals surface area contributed by atoms with Gasteiger partial charge in [-0.3, -0.25) is 9.59 Å². The summed E-state index contributed by atoms with van der Waals surface area (Å²) >= 11 is 0. The van der Waals surface area contributed by atoms with E-state index in [1.807, 2.05) is 0 Å². The molecule has 0 fully saturated rings. The van der Waals surface area contributed by atoms with Crippen LogP contribution < -0.4 is 0 Å². The predicted molar refractivity (Wildman–Crippen MR) is 199 cm³/mol. The Morgan fingerprint density at radius 2 is 0.913 bits per heavy atom. The highest BCUT2D eigenvalue weighted by molar-refractivity contribution is 5.69. The second kappa shape index (κ2) is 37.4. The van der Waals surface area contributed by atoms with E-state index in [1.54, 1.807) is 0 Å². The fraction of sp³-hybridized carbons (Fsp3) is 0.762. The lowest BCUT2D eigenvalue weighted by molar-refractivity contribution is -0.150. The molecule has 0 aliphatic rings. The van der Waals surface area contributed by atoms with E-state index in [1.165, 1.54) is 103 Å².